The first-order valence-electron chi connectivity index (χ1n) is 9.08. The van der Waals surface area contributed by atoms with Gasteiger partial charge in [0.2, 0.25) is 5.95 Å². The summed E-state index contributed by atoms with van der Waals surface area (Å²) in [6.07, 6.45) is 0. The third-order valence-corrected chi connectivity index (χ3v) is 6.03. The summed E-state index contributed by atoms with van der Waals surface area (Å²) >= 11 is 7.91. The molecule has 1 fully saturated rings. The van der Waals surface area contributed by atoms with Crippen molar-refractivity contribution in [2.45, 2.75) is 17.3 Å². The van der Waals surface area contributed by atoms with Crippen LogP contribution in [0.5, 0.6) is 0 Å². The molecule has 146 valence electrons. The van der Waals surface area contributed by atoms with Gasteiger partial charge in [-0.3, -0.25) is 4.57 Å². The monoisotopic (exact) mass is 418 g/mol. The van der Waals surface area contributed by atoms with Crippen LogP contribution in [-0.2, 0) is 4.74 Å². The number of rotatable bonds is 5. The number of anilines is 1. The minimum Gasteiger partial charge on any atom is -0.378 e. The molecule has 4 rings (SSSR count). The van der Waals surface area contributed by atoms with Gasteiger partial charge in [-0.1, -0.05) is 47.6 Å². The zero-order valence-corrected chi connectivity index (χ0v) is 17.0. The van der Waals surface area contributed by atoms with E-state index in [4.69, 9.17) is 16.3 Å². The number of thioether (sulfide) groups is 1. The fourth-order valence-corrected chi connectivity index (χ4v) is 4.57. The van der Waals surface area contributed by atoms with E-state index in [1.54, 1.807) is 17.8 Å². The summed E-state index contributed by atoms with van der Waals surface area (Å²) in [6.45, 7) is 4.78. The summed E-state index contributed by atoms with van der Waals surface area (Å²) in [4.78, 5) is 2.12. The van der Waals surface area contributed by atoms with Crippen LogP contribution in [0.25, 0.3) is 5.69 Å². The fourth-order valence-electron chi connectivity index (χ4n) is 3.17. The highest BCUT2D eigenvalue weighted by molar-refractivity contribution is 7.99. The Morgan fingerprint density at radius 2 is 1.89 bits per heavy atom. The standard InChI is InChI=1S/C20H20ClFN4OS/c1-14(17-7-2-3-8-18(17)21)28-20-24-23-19(25-9-11-27-12-10-25)26(20)16-6-4-5-15(22)13-16/h2-8,13-14H,9-12H2,1H3. The van der Waals surface area contributed by atoms with Crippen molar-refractivity contribution in [1.29, 1.82) is 0 Å². The largest absolute Gasteiger partial charge is 0.378 e. The van der Waals surface area contributed by atoms with Gasteiger partial charge in [-0.15, -0.1) is 10.2 Å². The number of aromatic nitrogens is 3. The molecule has 2 heterocycles. The quantitative estimate of drug-likeness (QED) is 0.559. The van der Waals surface area contributed by atoms with Gasteiger partial charge < -0.3 is 9.64 Å². The van der Waals surface area contributed by atoms with Crippen LogP contribution < -0.4 is 4.90 Å². The van der Waals surface area contributed by atoms with Gasteiger partial charge in [0.15, 0.2) is 5.16 Å². The molecule has 0 saturated carbocycles. The van der Waals surface area contributed by atoms with Crippen LogP contribution in [0.3, 0.4) is 0 Å². The Hall–Kier alpha value is -2.09. The van der Waals surface area contributed by atoms with Crippen LogP contribution >= 0.6 is 23.4 Å². The number of benzene rings is 2. The Kier molecular flexibility index (Phi) is 5.85. The summed E-state index contributed by atoms with van der Waals surface area (Å²) in [5.74, 6) is 0.400. The molecule has 0 spiro atoms. The van der Waals surface area contributed by atoms with E-state index in [2.05, 4.69) is 22.0 Å². The van der Waals surface area contributed by atoms with Crippen LogP contribution in [0.1, 0.15) is 17.7 Å². The second-order valence-electron chi connectivity index (χ2n) is 6.48. The van der Waals surface area contributed by atoms with E-state index in [-0.39, 0.29) is 11.1 Å². The second kappa shape index (κ2) is 8.51. The topological polar surface area (TPSA) is 43.2 Å². The average Bonchev–Trinajstić information content (AvgIpc) is 3.12. The predicted octanol–water partition coefficient (Wildman–Crippen LogP) is 4.75. The fraction of sp³-hybridized carbons (Fsp3) is 0.300. The second-order valence-corrected chi connectivity index (χ2v) is 8.19. The van der Waals surface area contributed by atoms with E-state index in [9.17, 15) is 4.39 Å². The lowest BCUT2D eigenvalue weighted by Gasteiger charge is -2.28. The van der Waals surface area contributed by atoms with Crippen LogP contribution in [0.4, 0.5) is 10.3 Å². The van der Waals surface area contributed by atoms with Gasteiger partial charge in [0.25, 0.3) is 0 Å². The highest BCUT2D eigenvalue weighted by Crippen LogP contribution is 2.39. The molecule has 1 aliphatic heterocycles. The van der Waals surface area contributed by atoms with Gasteiger partial charge >= 0.3 is 0 Å². The molecule has 1 atom stereocenters. The maximum absolute atomic E-state index is 13.9. The van der Waals surface area contributed by atoms with Crippen molar-refractivity contribution in [1.82, 2.24) is 14.8 Å². The molecule has 1 aromatic heterocycles. The normalized spacial score (nSPS) is 15.6. The molecule has 28 heavy (non-hydrogen) atoms. The Morgan fingerprint density at radius 1 is 1.11 bits per heavy atom. The number of morpholine rings is 1. The lowest BCUT2D eigenvalue weighted by Crippen LogP contribution is -2.37. The molecule has 0 N–H and O–H groups in total. The highest BCUT2D eigenvalue weighted by atomic mass is 35.5. The Labute approximate surface area is 172 Å². The summed E-state index contributed by atoms with van der Waals surface area (Å²) in [7, 11) is 0. The van der Waals surface area contributed by atoms with Gasteiger partial charge in [0.05, 0.1) is 18.9 Å². The minimum atomic E-state index is -0.297. The van der Waals surface area contributed by atoms with Crippen LogP contribution in [0.15, 0.2) is 53.7 Å². The van der Waals surface area contributed by atoms with E-state index < -0.39 is 0 Å². The van der Waals surface area contributed by atoms with Gasteiger partial charge in [-0.25, -0.2) is 4.39 Å². The molecule has 0 aliphatic carbocycles. The van der Waals surface area contributed by atoms with Crippen molar-refractivity contribution in [2.75, 3.05) is 31.2 Å². The third-order valence-electron chi connectivity index (χ3n) is 4.60. The number of ether oxygens (including phenoxy) is 1. The first-order valence-corrected chi connectivity index (χ1v) is 10.3. The number of hydrogen-bond acceptors (Lipinski definition) is 5. The van der Waals surface area contributed by atoms with E-state index in [0.29, 0.717) is 35.0 Å². The van der Waals surface area contributed by atoms with E-state index in [1.807, 2.05) is 34.9 Å². The van der Waals surface area contributed by atoms with Crippen molar-refractivity contribution in [2.24, 2.45) is 0 Å². The minimum absolute atomic E-state index is 0.0581. The first-order chi connectivity index (χ1) is 13.6. The van der Waals surface area contributed by atoms with E-state index in [1.165, 1.54) is 12.1 Å². The van der Waals surface area contributed by atoms with Crippen molar-refractivity contribution >= 4 is 29.3 Å². The summed E-state index contributed by atoms with van der Waals surface area (Å²) < 4.78 is 21.3. The van der Waals surface area contributed by atoms with Gasteiger partial charge in [0, 0.05) is 23.4 Å². The Morgan fingerprint density at radius 3 is 2.64 bits per heavy atom. The number of nitrogens with zero attached hydrogens (tertiary/aromatic N) is 4. The maximum Gasteiger partial charge on any atom is 0.232 e. The van der Waals surface area contributed by atoms with Crippen molar-refractivity contribution in [3.8, 4) is 5.69 Å². The predicted molar refractivity (Wildman–Crippen MR) is 110 cm³/mol. The molecule has 2 aromatic carbocycles. The zero-order valence-electron chi connectivity index (χ0n) is 15.4. The molecular formula is C20H20ClFN4OS. The maximum atomic E-state index is 13.9. The number of halogens is 2. The molecule has 1 aliphatic rings. The van der Waals surface area contributed by atoms with Gasteiger partial charge in [0.1, 0.15) is 5.82 Å². The molecule has 1 saturated heterocycles. The van der Waals surface area contributed by atoms with Gasteiger partial charge in [-0.2, -0.15) is 0 Å². The Bertz CT molecular complexity index is 961. The van der Waals surface area contributed by atoms with Crippen molar-refractivity contribution < 1.29 is 9.13 Å². The summed E-state index contributed by atoms with van der Waals surface area (Å²) in [6, 6.07) is 14.2. The van der Waals surface area contributed by atoms with Crippen LogP contribution in [0, 0.1) is 5.82 Å². The van der Waals surface area contributed by atoms with Crippen LogP contribution in [-0.4, -0.2) is 41.1 Å². The molecule has 1 unspecified atom stereocenters. The van der Waals surface area contributed by atoms with Crippen molar-refractivity contribution in [3.63, 3.8) is 0 Å². The van der Waals surface area contributed by atoms with Crippen LogP contribution in [0.2, 0.25) is 5.02 Å². The van der Waals surface area contributed by atoms with Crippen molar-refractivity contribution in [3.05, 3.63) is 64.9 Å². The van der Waals surface area contributed by atoms with E-state index in [0.717, 1.165) is 18.7 Å². The molecule has 5 nitrogen and oxygen atoms in total. The molecule has 8 heteroatoms. The molecule has 0 amide bonds. The van der Waals surface area contributed by atoms with Gasteiger partial charge in [-0.05, 0) is 36.8 Å². The summed E-state index contributed by atoms with van der Waals surface area (Å²) in [5, 5.41) is 10.3. The smallest absolute Gasteiger partial charge is 0.232 e. The van der Waals surface area contributed by atoms with E-state index >= 15 is 0 Å². The SMILES string of the molecule is CC(Sc1nnc(N2CCOCC2)n1-c1cccc(F)c1)c1ccccc1Cl. The highest BCUT2D eigenvalue weighted by Gasteiger charge is 2.24. The average molecular weight is 419 g/mol. The third kappa shape index (κ3) is 4.01. The molecule has 0 bridgehead atoms. The molecular weight excluding hydrogens is 399 g/mol. The Balaban J connectivity index is 1.72. The molecule has 0 radical (unpaired) electrons. The lowest BCUT2D eigenvalue weighted by molar-refractivity contribution is 0.122. The molecule has 3 aromatic rings. The zero-order chi connectivity index (χ0) is 19.5. The summed E-state index contributed by atoms with van der Waals surface area (Å²) in [5.41, 5.74) is 1.72. The number of hydrogen-bond donors (Lipinski definition) is 0. The first kappa shape index (κ1) is 19.2. The lowest BCUT2D eigenvalue weighted by atomic mass is 10.2.